The van der Waals surface area contributed by atoms with Crippen molar-refractivity contribution in [3.63, 3.8) is 0 Å². The Morgan fingerprint density at radius 2 is 2.03 bits per heavy atom. The van der Waals surface area contributed by atoms with Gasteiger partial charge in [0.15, 0.2) is 0 Å². The molecule has 1 N–H and O–H groups in total. The van der Waals surface area contributed by atoms with Gasteiger partial charge in [-0.05, 0) is 46.5 Å². The molecule has 3 heterocycles. The minimum atomic E-state index is -1.09. The molecule has 4 aliphatic rings. The van der Waals surface area contributed by atoms with E-state index < -0.39 is 41.1 Å². The van der Waals surface area contributed by atoms with Gasteiger partial charge in [0.25, 0.3) is 0 Å². The van der Waals surface area contributed by atoms with Gasteiger partial charge in [0.2, 0.25) is 11.8 Å². The summed E-state index contributed by atoms with van der Waals surface area (Å²) in [6.07, 6.45) is 7.99. The van der Waals surface area contributed by atoms with Crippen LogP contribution in [0.15, 0.2) is 12.7 Å². The van der Waals surface area contributed by atoms with Gasteiger partial charge in [0.05, 0.1) is 30.8 Å². The first-order valence-electron chi connectivity index (χ1n) is 12.5. The minimum absolute atomic E-state index is 0.0936. The summed E-state index contributed by atoms with van der Waals surface area (Å²) in [5.74, 6) is -2.44. The number of esters is 1. The van der Waals surface area contributed by atoms with Gasteiger partial charge in [-0.15, -0.1) is 6.58 Å². The van der Waals surface area contributed by atoms with Crippen molar-refractivity contribution in [2.24, 2.45) is 11.8 Å². The normalized spacial score (nSPS) is 36.5. The highest BCUT2D eigenvalue weighted by atomic mass is 16.6. The maximum absolute atomic E-state index is 14.2. The second kappa shape index (κ2) is 9.02. The zero-order valence-electron chi connectivity index (χ0n) is 20.1. The number of carbonyl (C=O) groups excluding carboxylic acids is 3. The minimum Gasteiger partial charge on any atom is -0.466 e. The lowest BCUT2D eigenvalue weighted by molar-refractivity contribution is -0.162. The SMILES string of the molecule is C=CCN(C(=O)C1N([C@H](C)CO)C(=O)[C@@H]2[C@@H](C(=O)OCC)[C@@]3(C)CCC12O3)C1CCCCC1. The second-order valence-electron chi connectivity index (χ2n) is 10.3. The lowest BCUT2D eigenvalue weighted by atomic mass is 9.66. The fourth-order valence-electron chi connectivity index (χ4n) is 6.90. The molecule has 2 amide bonds. The van der Waals surface area contributed by atoms with E-state index in [4.69, 9.17) is 9.47 Å². The van der Waals surface area contributed by atoms with Gasteiger partial charge >= 0.3 is 5.97 Å². The molecule has 4 rings (SSSR count). The van der Waals surface area contributed by atoms with Crippen molar-refractivity contribution in [1.29, 1.82) is 0 Å². The van der Waals surface area contributed by atoms with E-state index >= 15 is 0 Å². The summed E-state index contributed by atoms with van der Waals surface area (Å²) in [6.45, 7) is 9.54. The molecule has 1 aliphatic carbocycles. The molecule has 2 unspecified atom stereocenters. The fourth-order valence-corrected chi connectivity index (χ4v) is 6.90. The van der Waals surface area contributed by atoms with Crippen LogP contribution in [-0.2, 0) is 23.9 Å². The molecule has 1 saturated carbocycles. The maximum atomic E-state index is 14.2. The van der Waals surface area contributed by atoms with E-state index in [1.807, 2.05) is 11.8 Å². The van der Waals surface area contributed by atoms with Gasteiger partial charge in [-0.2, -0.15) is 0 Å². The molecule has 0 aromatic heterocycles. The van der Waals surface area contributed by atoms with E-state index in [2.05, 4.69) is 6.58 Å². The summed E-state index contributed by atoms with van der Waals surface area (Å²) >= 11 is 0. The van der Waals surface area contributed by atoms with E-state index in [9.17, 15) is 19.5 Å². The predicted octanol–water partition coefficient (Wildman–Crippen LogP) is 2.04. The summed E-state index contributed by atoms with van der Waals surface area (Å²) in [6, 6.07) is -1.35. The number of ether oxygens (including phenoxy) is 2. The zero-order chi connectivity index (χ0) is 24.0. The third kappa shape index (κ3) is 3.60. The Bertz CT molecular complexity index is 811. The first-order valence-corrected chi connectivity index (χ1v) is 12.5. The number of carbonyl (C=O) groups is 3. The number of fused-ring (bicyclic) bond motifs is 1. The molecule has 2 bridgehead atoms. The molecule has 6 atom stereocenters. The van der Waals surface area contributed by atoms with Gasteiger partial charge < -0.3 is 24.4 Å². The van der Waals surface area contributed by atoms with Crippen LogP contribution >= 0.6 is 0 Å². The van der Waals surface area contributed by atoms with Crippen LogP contribution in [0.2, 0.25) is 0 Å². The van der Waals surface area contributed by atoms with Crippen LogP contribution in [0.5, 0.6) is 0 Å². The van der Waals surface area contributed by atoms with Gasteiger partial charge in [-0.3, -0.25) is 14.4 Å². The molecule has 0 radical (unpaired) electrons. The molecule has 8 nitrogen and oxygen atoms in total. The van der Waals surface area contributed by atoms with E-state index in [0.717, 1.165) is 32.1 Å². The zero-order valence-corrected chi connectivity index (χ0v) is 20.1. The topological polar surface area (TPSA) is 96.4 Å². The van der Waals surface area contributed by atoms with Crippen LogP contribution < -0.4 is 0 Å². The Balaban J connectivity index is 1.77. The van der Waals surface area contributed by atoms with Crippen LogP contribution in [0.1, 0.15) is 65.7 Å². The average molecular weight is 463 g/mol. The van der Waals surface area contributed by atoms with Crippen LogP contribution in [0, 0.1) is 11.8 Å². The number of nitrogens with zero attached hydrogens (tertiary/aromatic N) is 2. The first-order chi connectivity index (χ1) is 15.8. The van der Waals surface area contributed by atoms with Crippen LogP contribution in [0.3, 0.4) is 0 Å². The number of amides is 2. The first kappa shape index (κ1) is 24.2. The molecule has 8 heteroatoms. The summed E-state index contributed by atoms with van der Waals surface area (Å²) in [4.78, 5) is 44.5. The van der Waals surface area contributed by atoms with E-state index in [1.165, 1.54) is 4.90 Å². The van der Waals surface area contributed by atoms with Crippen molar-refractivity contribution in [3.05, 3.63) is 12.7 Å². The third-order valence-electron chi connectivity index (χ3n) is 8.35. The van der Waals surface area contributed by atoms with Crippen molar-refractivity contribution < 1.29 is 29.0 Å². The van der Waals surface area contributed by atoms with Crippen LogP contribution in [0.25, 0.3) is 0 Å². The van der Waals surface area contributed by atoms with Crippen molar-refractivity contribution in [1.82, 2.24) is 9.80 Å². The number of hydrogen-bond donors (Lipinski definition) is 1. The summed E-state index contributed by atoms with van der Waals surface area (Å²) in [7, 11) is 0. The highest BCUT2D eigenvalue weighted by molar-refractivity contribution is 5.98. The largest absolute Gasteiger partial charge is 0.466 e. The summed E-state index contributed by atoms with van der Waals surface area (Å²) in [5.41, 5.74) is -1.92. The van der Waals surface area contributed by atoms with Crippen molar-refractivity contribution >= 4 is 17.8 Å². The van der Waals surface area contributed by atoms with E-state index in [-0.39, 0.29) is 31.1 Å². The van der Waals surface area contributed by atoms with Crippen molar-refractivity contribution in [2.45, 2.75) is 95.0 Å². The lowest BCUT2D eigenvalue weighted by Gasteiger charge is -2.42. The molecule has 4 fully saturated rings. The highest BCUT2D eigenvalue weighted by Gasteiger charge is 2.79. The smallest absolute Gasteiger partial charge is 0.312 e. The average Bonchev–Trinajstić information content (AvgIpc) is 3.38. The Labute approximate surface area is 196 Å². The molecule has 3 saturated heterocycles. The van der Waals surface area contributed by atoms with E-state index in [1.54, 1.807) is 19.9 Å². The fraction of sp³-hybridized carbons (Fsp3) is 0.800. The van der Waals surface area contributed by atoms with Crippen molar-refractivity contribution in [2.75, 3.05) is 19.8 Å². The number of aliphatic hydroxyl groups is 1. The van der Waals surface area contributed by atoms with Gasteiger partial charge in [0, 0.05) is 12.6 Å². The number of hydrogen-bond acceptors (Lipinski definition) is 6. The Kier molecular flexibility index (Phi) is 6.62. The molecule has 33 heavy (non-hydrogen) atoms. The van der Waals surface area contributed by atoms with Crippen LogP contribution in [-0.4, -0.2) is 81.8 Å². The Morgan fingerprint density at radius 3 is 2.64 bits per heavy atom. The predicted molar refractivity (Wildman–Crippen MR) is 121 cm³/mol. The maximum Gasteiger partial charge on any atom is 0.312 e. The number of likely N-dealkylation sites (tertiary alicyclic amines) is 1. The Hall–Kier alpha value is -1.93. The lowest BCUT2D eigenvalue weighted by Crippen LogP contribution is -2.60. The summed E-state index contributed by atoms with van der Waals surface area (Å²) < 4.78 is 11.9. The number of rotatable bonds is 8. The number of aliphatic hydroxyl groups excluding tert-OH is 1. The third-order valence-corrected chi connectivity index (χ3v) is 8.35. The molecule has 3 aliphatic heterocycles. The molecule has 0 aromatic carbocycles. The monoisotopic (exact) mass is 462 g/mol. The van der Waals surface area contributed by atoms with Crippen LogP contribution in [0.4, 0.5) is 0 Å². The Morgan fingerprint density at radius 1 is 1.33 bits per heavy atom. The second-order valence-corrected chi connectivity index (χ2v) is 10.3. The van der Waals surface area contributed by atoms with E-state index in [0.29, 0.717) is 19.4 Å². The standard InChI is InChI=1S/C25H38N2O6/c1-5-14-26(17-10-8-7-9-11-17)22(30)20-25-13-12-24(4,33-25)19(23(31)32-6-2)18(25)21(29)27(20)16(3)15-28/h5,16-20,28H,1,6-15H2,2-4H3/t16-,18+,19+,20?,24-,25?/m1/s1. The van der Waals surface area contributed by atoms with Gasteiger partial charge in [-0.1, -0.05) is 25.3 Å². The van der Waals surface area contributed by atoms with Crippen molar-refractivity contribution in [3.8, 4) is 0 Å². The van der Waals surface area contributed by atoms with Gasteiger partial charge in [-0.25, -0.2) is 0 Å². The summed E-state index contributed by atoms with van der Waals surface area (Å²) in [5, 5.41) is 9.98. The molecule has 0 aromatic rings. The molecule has 1 spiro atoms. The highest BCUT2D eigenvalue weighted by Crippen LogP contribution is 2.63. The quantitative estimate of drug-likeness (QED) is 0.438. The molecular formula is C25H38N2O6. The van der Waals surface area contributed by atoms with Gasteiger partial charge in [0.1, 0.15) is 17.6 Å². The molecule has 184 valence electrons. The molecular weight excluding hydrogens is 424 g/mol.